The van der Waals surface area contributed by atoms with Crippen molar-refractivity contribution in [1.29, 1.82) is 5.41 Å². The number of aromatic amines is 1. The van der Waals surface area contributed by atoms with Crippen molar-refractivity contribution in [2.45, 2.75) is 17.0 Å². The number of aryl methyl sites for hydroxylation is 1. The third kappa shape index (κ3) is 2.17. The third-order valence-electron chi connectivity index (χ3n) is 2.53. The number of H-pyrrole nitrogens is 1. The second-order valence-corrected chi connectivity index (χ2v) is 4.82. The van der Waals surface area contributed by atoms with Gasteiger partial charge in [-0.2, -0.15) is 0 Å². The normalized spacial score (nSPS) is 10.6. The van der Waals surface area contributed by atoms with Crippen LogP contribution in [-0.4, -0.2) is 20.6 Å². The topological polar surface area (TPSA) is 101 Å². The van der Waals surface area contributed by atoms with Gasteiger partial charge in [0.25, 0.3) is 0 Å². The van der Waals surface area contributed by atoms with Crippen molar-refractivity contribution >= 4 is 17.6 Å². The Morgan fingerprint density at radius 2 is 2.28 bits per heavy atom. The number of hydrogen-bond acceptors (Lipinski definition) is 4. The minimum Gasteiger partial charge on any atom is -0.384 e. The number of hydrogen-bond donors (Lipinski definition) is 3. The average molecular weight is 263 g/mol. The average Bonchev–Trinajstić information content (AvgIpc) is 2.63. The smallest absolute Gasteiger partial charge is 0.343 e. The van der Waals surface area contributed by atoms with E-state index in [1.54, 1.807) is 13.1 Å². The highest BCUT2D eigenvalue weighted by molar-refractivity contribution is 7.99. The summed E-state index contributed by atoms with van der Waals surface area (Å²) in [7, 11) is 1.64. The van der Waals surface area contributed by atoms with Crippen molar-refractivity contribution in [1.82, 2.24) is 14.8 Å². The minimum absolute atomic E-state index is 0.00161. The van der Waals surface area contributed by atoms with Crippen LogP contribution < -0.4 is 11.4 Å². The molecule has 0 saturated carbocycles. The Bertz CT molecular complexity index is 658. The quantitative estimate of drug-likeness (QED) is 0.564. The van der Waals surface area contributed by atoms with Crippen LogP contribution in [-0.2, 0) is 7.05 Å². The van der Waals surface area contributed by atoms with Crippen molar-refractivity contribution in [3.63, 3.8) is 0 Å². The van der Waals surface area contributed by atoms with Crippen molar-refractivity contribution in [3.05, 3.63) is 39.8 Å². The van der Waals surface area contributed by atoms with Gasteiger partial charge in [0.05, 0.1) is 0 Å². The van der Waals surface area contributed by atoms with E-state index in [0.717, 1.165) is 10.5 Å². The number of benzene rings is 1. The highest BCUT2D eigenvalue weighted by Gasteiger charge is 2.13. The SMILES string of the molecule is Cc1cccc(C(=N)N)c1Sc1n[nH]c(=O)n1C. The molecule has 0 bridgehead atoms. The number of nitrogen functional groups attached to an aromatic ring is 1. The highest BCUT2D eigenvalue weighted by Crippen LogP contribution is 2.30. The molecular weight excluding hydrogens is 250 g/mol. The van der Waals surface area contributed by atoms with Crippen molar-refractivity contribution in [2.24, 2.45) is 12.8 Å². The summed E-state index contributed by atoms with van der Waals surface area (Å²) in [6.07, 6.45) is 0. The van der Waals surface area contributed by atoms with Gasteiger partial charge in [-0.15, -0.1) is 5.10 Å². The van der Waals surface area contributed by atoms with Gasteiger partial charge in [-0.1, -0.05) is 18.2 Å². The number of nitrogens with one attached hydrogen (secondary N) is 2. The molecule has 0 spiro atoms. The maximum Gasteiger partial charge on any atom is 0.343 e. The van der Waals surface area contributed by atoms with Crippen molar-refractivity contribution < 1.29 is 0 Å². The lowest BCUT2D eigenvalue weighted by Gasteiger charge is -2.09. The van der Waals surface area contributed by atoms with E-state index in [-0.39, 0.29) is 11.5 Å². The van der Waals surface area contributed by atoms with Gasteiger partial charge in [0, 0.05) is 17.5 Å². The van der Waals surface area contributed by atoms with Gasteiger partial charge in [0.1, 0.15) is 5.84 Å². The second kappa shape index (κ2) is 4.69. The molecule has 94 valence electrons. The molecule has 0 radical (unpaired) electrons. The first-order valence-corrected chi connectivity index (χ1v) is 6.05. The molecule has 7 heteroatoms. The molecule has 0 amide bonds. The van der Waals surface area contributed by atoms with Gasteiger partial charge in [0.2, 0.25) is 0 Å². The maximum absolute atomic E-state index is 11.3. The van der Waals surface area contributed by atoms with Crippen molar-refractivity contribution in [2.75, 3.05) is 0 Å². The second-order valence-electron chi connectivity index (χ2n) is 3.84. The molecule has 2 aromatic rings. The van der Waals surface area contributed by atoms with Crippen LogP contribution in [0, 0.1) is 12.3 Å². The van der Waals surface area contributed by atoms with Crippen LogP contribution in [0.2, 0.25) is 0 Å². The Labute approximate surface area is 108 Å². The summed E-state index contributed by atoms with van der Waals surface area (Å²) < 4.78 is 1.42. The zero-order chi connectivity index (χ0) is 13.3. The van der Waals surface area contributed by atoms with Crippen LogP contribution in [0.4, 0.5) is 0 Å². The fraction of sp³-hybridized carbons (Fsp3) is 0.182. The first kappa shape index (κ1) is 12.4. The monoisotopic (exact) mass is 263 g/mol. The molecule has 0 saturated heterocycles. The van der Waals surface area contributed by atoms with Crippen LogP contribution in [0.25, 0.3) is 0 Å². The molecule has 1 heterocycles. The van der Waals surface area contributed by atoms with Gasteiger partial charge in [-0.05, 0) is 24.2 Å². The summed E-state index contributed by atoms with van der Waals surface area (Å²) in [4.78, 5) is 12.1. The Balaban J connectivity index is 2.49. The fourth-order valence-electron chi connectivity index (χ4n) is 1.52. The molecule has 2 rings (SSSR count). The lowest BCUT2D eigenvalue weighted by atomic mass is 10.1. The van der Waals surface area contributed by atoms with Crippen LogP contribution in [0.1, 0.15) is 11.1 Å². The molecular formula is C11H13N5OS. The van der Waals surface area contributed by atoms with Crippen molar-refractivity contribution in [3.8, 4) is 0 Å². The van der Waals surface area contributed by atoms with Crippen LogP contribution >= 0.6 is 11.8 Å². The Morgan fingerprint density at radius 1 is 1.56 bits per heavy atom. The molecule has 0 unspecified atom stereocenters. The first-order valence-electron chi connectivity index (χ1n) is 5.24. The number of amidine groups is 1. The summed E-state index contributed by atoms with van der Waals surface area (Å²) >= 11 is 1.32. The van der Waals surface area contributed by atoms with E-state index in [4.69, 9.17) is 11.1 Å². The number of nitrogens with zero attached hydrogens (tertiary/aromatic N) is 2. The summed E-state index contributed by atoms with van der Waals surface area (Å²) in [6.45, 7) is 1.93. The molecule has 0 aliphatic carbocycles. The molecule has 1 aromatic carbocycles. The van der Waals surface area contributed by atoms with E-state index in [1.165, 1.54) is 16.3 Å². The predicted octanol–water partition coefficient (Wildman–Crippen LogP) is 0.852. The number of rotatable bonds is 3. The summed E-state index contributed by atoms with van der Waals surface area (Å²) in [5.41, 5.74) is 6.92. The number of aromatic nitrogens is 3. The Morgan fingerprint density at radius 3 is 2.83 bits per heavy atom. The zero-order valence-electron chi connectivity index (χ0n) is 10.0. The van der Waals surface area contributed by atoms with E-state index >= 15 is 0 Å². The molecule has 0 aliphatic rings. The predicted molar refractivity (Wildman–Crippen MR) is 70.1 cm³/mol. The molecule has 0 fully saturated rings. The van der Waals surface area contributed by atoms with Gasteiger partial charge >= 0.3 is 5.69 Å². The Hall–Kier alpha value is -2.02. The Kier molecular flexibility index (Phi) is 3.24. The largest absolute Gasteiger partial charge is 0.384 e. The molecule has 0 aliphatic heterocycles. The first-order chi connectivity index (χ1) is 8.50. The van der Waals surface area contributed by atoms with Gasteiger partial charge in [0.15, 0.2) is 5.16 Å². The molecule has 4 N–H and O–H groups in total. The van der Waals surface area contributed by atoms with E-state index in [9.17, 15) is 4.79 Å². The van der Waals surface area contributed by atoms with Crippen LogP contribution in [0.3, 0.4) is 0 Å². The fourth-order valence-corrected chi connectivity index (χ4v) is 2.53. The molecule has 18 heavy (non-hydrogen) atoms. The van der Waals surface area contributed by atoms with E-state index in [2.05, 4.69) is 10.2 Å². The van der Waals surface area contributed by atoms with E-state index < -0.39 is 0 Å². The third-order valence-corrected chi connectivity index (χ3v) is 3.83. The molecule has 0 atom stereocenters. The summed E-state index contributed by atoms with van der Waals surface area (Å²) in [5, 5.41) is 14.4. The van der Waals surface area contributed by atoms with Crippen LogP contribution in [0.5, 0.6) is 0 Å². The number of nitrogens with two attached hydrogens (primary N) is 1. The van der Waals surface area contributed by atoms with E-state index in [0.29, 0.717) is 10.7 Å². The maximum atomic E-state index is 11.3. The van der Waals surface area contributed by atoms with Gasteiger partial charge in [-0.3, -0.25) is 9.98 Å². The molecule has 1 aromatic heterocycles. The zero-order valence-corrected chi connectivity index (χ0v) is 10.8. The van der Waals surface area contributed by atoms with Crippen LogP contribution in [0.15, 0.2) is 33.0 Å². The lowest BCUT2D eigenvalue weighted by molar-refractivity contribution is 0.765. The standard InChI is InChI=1S/C11H13N5OS/c1-6-4-3-5-7(9(12)13)8(6)18-11-15-14-10(17)16(11)2/h3-5H,1-2H3,(H3,12,13)(H,14,17). The van der Waals surface area contributed by atoms with E-state index in [1.807, 2.05) is 19.1 Å². The summed E-state index contributed by atoms with van der Waals surface area (Å²) in [6, 6.07) is 5.56. The summed E-state index contributed by atoms with van der Waals surface area (Å²) in [5.74, 6) is 0.00161. The highest BCUT2D eigenvalue weighted by atomic mass is 32.2. The molecule has 6 nitrogen and oxygen atoms in total. The minimum atomic E-state index is -0.268. The van der Waals surface area contributed by atoms with Gasteiger partial charge < -0.3 is 5.73 Å². The lowest BCUT2D eigenvalue weighted by Crippen LogP contribution is -2.14. The van der Waals surface area contributed by atoms with Gasteiger partial charge in [-0.25, -0.2) is 9.89 Å².